The summed E-state index contributed by atoms with van der Waals surface area (Å²) in [5.41, 5.74) is -1.00. The third-order valence-corrected chi connectivity index (χ3v) is 6.43. The number of allylic oxidation sites excluding steroid dienone is 1. The summed E-state index contributed by atoms with van der Waals surface area (Å²) in [5, 5.41) is 0.275. The predicted octanol–water partition coefficient (Wildman–Crippen LogP) is 3.31. The van der Waals surface area contributed by atoms with Crippen LogP contribution in [0.5, 0.6) is 17.2 Å². The first-order chi connectivity index (χ1) is 22.3. The molecule has 1 aromatic heterocycles. The van der Waals surface area contributed by atoms with Gasteiger partial charge in [0.2, 0.25) is 12.4 Å². The number of esters is 5. The third kappa shape index (κ3) is 10.3. The molecule has 0 saturated carbocycles. The molecule has 0 bridgehead atoms. The van der Waals surface area contributed by atoms with Gasteiger partial charge in [-0.2, -0.15) is 0 Å². The van der Waals surface area contributed by atoms with Crippen molar-refractivity contribution in [3.05, 3.63) is 40.8 Å². The van der Waals surface area contributed by atoms with Gasteiger partial charge in [0, 0.05) is 40.2 Å². The van der Waals surface area contributed by atoms with E-state index in [4.69, 9.17) is 42.3 Å². The van der Waals surface area contributed by atoms with E-state index in [2.05, 4.69) is 0 Å². The lowest BCUT2D eigenvalue weighted by molar-refractivity contribution is -0.288. The first-order valence-electron chi connectivity index (χ1n) is 14.9. The van der Waals surface area contributed by atoms with Crippen molar-refractivity contribution in [3.8, 4) is 17.2 Å². The van der Waals surface area contributed by atoms with Crippen LogP contribution in [0.2, 0.25) is 0 Å². The van der Waals surface area contributed by atoms with Crippen LogP contribution in [0, 0.1) is 0 Å². The van der Waals surface area contributed by atoms with Crippen LogP contribution in [-0.2, 0) is 47.7 Å². The number of ether oxygens (including phenoxy) is 8. The van der Waals surface area contributed by atoms with Gasteiger partial charge < -0.3 is 42.3 Å². The quantitative estimate of drug-likeness (QED) is 0.0941. The maximum absolute atomic E-state index is 13.0. The van der Waals surface area contributed by atoms with Gasteiger partial charge in [-0.1, -0.05) is 26.0 Å². The Labute approximate surface area is 269 Å². The van der Waals surface area contributed by atoms with Crippen molar-refractivity contribution < 1.29 is 66.3 Å². The van der Waals surface area contributed by atoms with Crippen molar-refractivity contribution in [1.82, 2.24) is 0 Å². The Morgan fingerprint density at radius 1 is 0.830 bits per heavy atom. The summed E-state index contributed by atoms with van der Waals surface area (Å²) in [6, 6.07) is 4.26. The summed E-state index contributed by atoms with van der Waals surface area (Å²) in [6.45, 7) is 7.72. The normalized spacial score (nSPS) is 20.7. The average Bonchev–Trinajstić information content (AvgIpc) is 2.99. The number of carbonyl (C=O) groups is 5. The minimum Gasteiger partial charge on any atom is -0.488 e. The molecule has 0 radical (unpaired) electrons. The molecule has 1 aliphatic rings. The zero-order chi connectivity index (χ0) is 34.7. The summed E-state index contributed by atoms with van der Waals surface area (Å²) >= 11 is 0. The Balaban J connectivity index is 2.06. The molecule has 2 heterocycles. The molecule has 256 valence electrons. The summed E-state index contributed by atoms with van der Waals surface area (Å²) in [6.07, 6.45) is -1.85. The zero-order valence-electron chi connectivity index (χ0n) is 26.9. The van der Waals surface area contributed by atoms with Crippen LogP contribution in [0.1, 0.15) is 60.8 Å². The Morgan fingerprint density at radius 3 is 2.11 bits per heavy atom. The number of fused-ring (bicyclic) bond motifs is 1. The standard InChI is InChI=1S/C32H38O15/c1-7-9-10-11-14-39-26-22-13-12-21(15-23(22)45-31(38)29(26)47-25(37)8-2)44-32-30(43-20(6)36)28(42-19(5)35)27(41-18(4)34)24(46-32)16-40-17(3)33/h9-10,12-13,15,24,27-28,30,32H,7-8,11,14,16H2,1-6H3/b10-9+/t24-,27-,28+,30-,32-/m1/s1. The minimum absolute atomic E-state index is 0.00107. The molecule has 0 N–H and O–H groups in total. The molecule has 1 aliphatic heterocycles. The Morgan fingerprint density at radius 2 is 1.49 bits per heavy atom. The highest BCUT2D eigenvalue weighted by Crippen LogP contribution is 2.36. The molecule has 0 aliphatic carbocycles. The van der Waals surface area contributed by atoms with E-state index in [1.807, 2.05) is 19.1 Å². The molecule has 15 nitrogen and oxygen atoms in total. The van der Waals surface area contributed by atoms with E-state index in [1.165, 1.54) is 18.2 Å². The van der Waals surface area contributed by atoms with Crippen molar-refractivity contribution in [3.63, 3.8) is 0 Å². The fourth-order valence-electron chi connectivity index (χ4n) is 4.56. The van der Waals surface area contributed by atoms with Gasteiger partial charge in [-0.25, -0.2) is 4.79 Å². The molecule has 15 heteroatoms. The van der Waals surface area contributed by atoms with Crippen LogP contribution < -0.4 is 19.8 Å². The van der Waals surface area contributed by atoms with Gasteiger partial charge in [0.1, 0.15) is 24.0 Å². The topological polar surface area (TPSA) is 189 Å². The van der Waals surface area contributed by atoms with Gasteiger partial charge in [0.05, 0.1) is 12.0 Å². The maximum Gasteiger partial charge on any atom is 0.383 e. The van der Waals surface area contributed by atoms with Gasteiger partial charge >= 0.3 is 35.5 Å². The van der Waals surface area contributed by atoms with Crippen LogP contribution in [-0.4, -0.2) is 73.8 Å². The Bertz CT molecular complexity index is 1540. The van der Waals surface area contributed by atoms with Gasteiger partial charge in [-0.3, -0.25) is 24.0 Å². The number of hydrogen-bond acceptors (Lipinski definition) is 15. The first-order valence-corrected chi connectivity index (χ1v) is 14.9. The van der Waals surface area contributed by atoms with E-state index >= 15 is 0 Å². The number of carbonyl (C=O) groups excluding carboxylic acids is 5. The van der Waals surface area contributed by atoms with E-state index in [9.17, 15) is 28.8 Å². The van der Waals surface area contributed by atoms with Gasteiger partial charge in [-0.15, -0.1) is 0 Å². The predicted molar refractivity (Wildman–Crippen MR) is 161 cm³/mol. The lowest BCUT2D eigenvalue weighted by Gasteiger charge is -2.43. The zero-order valence-corrected chi connectivity index (χ0v) is 26.9. The van der Waals surface area contributed by atoms with Crippen molar-refractivity contribution in [1.29, 1.82) is 0 Å². The van der Waals surface area contributed by atoms with Crippen LogP contribution in [0.15, 0.2) is 39.6 Å². The first kappa shape index (κ1) is 36.5. The van der Waals surface area contributed by atoms with Crippen molar-refractivity contribution in [2.45, 2.75) is 91.5 Å². The van der Waals surface area contributed by atoms with Crippen molar-refractivity contribution >= 4 is 40.8 Å². The average molecular weight is 663 g/mol. The van der Waals surface area contributed by atoms with E-state index < -0.39 is 78.5 Å². The fraction of sp³-hybridized carbons (Fsp3) is 0.500. The highest BCUT2D eigenvalue weighted by Gasteiger charge is 2.53. The highest BCUT2D eigenvalue weighted by atomic mass is 16.7. The smallest absolute Gasteiger partial charge is 0.383 e. The maximum atomic E-state index is 13.0. The fourth-order valence-corrected chi connectivity index (χ4v) is 4.56. The highest BCUT2D eigenvalue weighted by molar-refractivity contribution is 5.88. The molecule has 5 atom stereocenters. The summed E-state index contributed by atoms with van der Waals surface area (Å²) in [4.78, 5) is 72.9. The Hall–Kier alpha value is -4.92. The number of benzene rings is 1. The second kappa shape index (κ2) is 17.1. The van der Waals surface area contributed by atoms with E-state index in [1.54, 1.807) is 6.92 Å². The van der Waals surface area contributed by atoms with E-state index in [-0.39, 0.29) is 35.5 Å². The molecule has 0 amide bonds. The molecule has 1 aromatic carbocycles. The minimum atomic E-state index is -1.52. The molecular formula is C32H38O15. The van der Waals surface area contributed by atoms with Gasteiger partial charge in [-0.05, 0) is 25.0 Å². The SMILES string of the molecule is CC/C=C/CCOc1c(OC(=O)CC)c(=O)oc2cc(O[C@@H]3O[C@H](COC(C)=O)[C@@H](OC(C)=O)[C@H](OC(C)=O)[C@H]3OC(C)=O)ccc12. The molecule has 0 unspecified atom stereocenters. The molecule has 3 rings (SSSR count). The molecule has 47 heavy (non-hydrogen) atoms. The Kier molecular flexibility index (Phi) is 13.3. The van der Waals surface area contributed by atoms with Gasteiger partial charge in [0.25, 0.3) is 5.75 Å². The van der Waals surface area contributed by atoms with Crippen molar-refractivity contribution in [2.75, 3.05) is 13.2 Å². The lowest BCUT2D eigenvalue weighted by atomic mass is 9.98. The third-order valence-electron chi connectivity index (χ3n) is 6.43. The molecule has 1 saturated heterocycles. The largest absolute Gasteiger partial charge is 0.488 e. The number of rotatable bonds is 14. The van der Waals surface area contributed by atoms with Crippen molar-refractivity contribution in [2.24, 2.45) is 0 Å². The second-order valence-electron chi connectivity index (χ2n) is 10.2. The van der Waals surface area contributed by atoms with Gasteiger partial charge in [0.15, 0.2) is 18.0 Å². The van der Waals surface area contributed by atoms with E-state index in [0.717, 1.165) is 34.1 Å². The van der Waals surface area contributed by atoms with Crippen LogP contribution in [0.25, 0.3) is 11.0 Å². The van der Waals surface area contributed by atoms with Crippen LogP contribution >= 0.6 is 0 Å². The van der Waals surface area contributed by atoms with E-state index in [0.29, 0.717) is 6.42 Å². The second-order valence-corrected chi connectivity index (χ2v) is 10.2. The molecule has 1 fully saturated rings. The number of hydrogen-bond donors (Lipinski definition) is 0. The lowest BCUT2D eigenvalue weighted by Crippen LogP contribution is -2.63. The monoisotopic (exact) mass is 662 g/mol. The van der Waals surface area contributed by atoms with Crippen LogP contribution in [0.3, 0.4) is 0 Å². The summed E-state index contributed by atoms with van der Waals surface area (Å²) in [7, 11) is 0. The van der Waals surface area contributed by atoms with Crippen LogP contribution in [0.4, 0.5) is 0 Å². The molecule has 0 spiro atoms. The molecular weight excluding hydrogens is 624 g/mol. The summed E-state index contributed by atoms with van der Waals surface area (Å²) < 4.78 is 49.9. The summed E-state index contributed by atoms with van der Waals surface area (Å²) in [5.74, 6) is -4.13. The molecule has 2 aromatic rings.